The van der Waals surface area contributed by atoms with Gasteiger partial charge in [0.2, 0.25) is 0 Å². The topological polar surface area (TPSA) is 38.4 Å². The summed E-state index contributed by atoms with van der Waals surface area (Å²) >= 11 is 0. The Morgan fingerprint density at radius 2 is 1.73 bits per heavy atom. The molecule has 0 amide bonds. The van der Waals surface area contributed by atoms with Gasteiger partial charge in [-0.25, -0.2) is 8.78 Å². The summed E-state index contributed by atoms with van der Waals surface area (Å²) in [6, 6.07) is 3.06. The van der Waals surface area contributed by atoms with Crippen molar-refractivity contribution in [2.24, 2.45) is 10.9 Å². The Bertz CT molecular complexity index is 264. The van der Waals surface area contributed by atoms with E-state index in [0.717, 1.165) is 18.2 Å². The number of hydrogen-bond donors (Lipinski definition) is 1. The molecular weight excluding hydrogens is 150 g/mol. The maximum absolute atomic E-state index is 12.4. The highest BCUT2D eigenvalue weighted by Crippen LogP contribution is 2.05. The Kier molecular flexibility index (Phi) is 2.15. The van der Waals surface area contributed by atoms with E-state index in [1.165, 1.54) is 6.21 Å². The van der Waals surface area contributed by atoms with E-state index in [2.05, 4.69) is 5.10 Å². The molecule has 0 aliphatic carbocycles. The van der Waals surface area contributed by atoms with Crippen molar-refractivity contribution in [1.82, 2.24) is 0 Å². The number of hydrazone groups is 1. The van der Waals surface area contributed by atoms with Crippen molar-refractivity contribution in [2.45, 2.75) is 0 Å². The third-order valence-electron chi connectivity index (χ3n) is 1.11. The van der Waals surface area contributed by atoms with Crippen LogP contribution < -0.4 is 5.84 Å². The van der Waals surface area contributed by atoms with Crippen LogP contribution in [0.2, 0.25) is 0 Å². The Labute approximate surface area is 62.3 Å². The van der Waals surface area contributed by atoms with Crippen molar-refractivity contribution < 1.29 is 8.78 Å². The quantitative estimate of drug-likeness (QED) is 0.371. The van der Waals surface area contributed by atoms with Crippen LogP contribution in [0.15, 0.2) is 23.3 Å². The lowest BCUT2D eigenvalue weighted by molar-refractivity contribution is 0.583. The van der Waals surface area contributed by atoms with Crippen molar-refractivity contribution in [2.75, 3.05) is 0 Å². The van der Waals surface area contributed by atoms with E-state index in [1.54, 1.807) is 0 Å². The monoisotopic (exact) mass is 156 g/mol. The van der Waals surface area contributed by atoms with Crippen molar-refractivity contribution in [1.29, 1.82) is 0 Å². The molecule has 0 aliphatic rings. The van der Waals surface area contributed by atoms with Crippen LogP contribution in [-0.2, 0) is 0 Å². The minimum atomic E-state index is -0.639. The van der Waals surface area contributed by atoms with E-state index in [1.807, 2.05) is 0 Å². The Hall–Kier alpha value is -1.45. The van der Waals surface area contributed by atoms with Gasteiger partial charge in [0.05, 0.1) is 6.21 Å². The second-order valence-electron chi connectivity index (χ2n) is 1.98. The Morgan fingerprint density at radius 1 is 1.18 bits per heavy atom. The molecule has 0 aliphatic heterocycles. The van der Waals surface area contributed by atoms with E-state index in [-0.39, 0.29) is 0 Å². The fourth-order valence-electron chi connectivity index (χ4n) is 0.736. The Morgan fingerprint density at radius 3 is 2.18 bits per heavy atom. The summed E-state index contributed by atoms with van der Waals surface area (Å²) in [6.07, 6.45) is 1.17. The number of halogens is 2. The molecule has 0 heterocycles. The van der Waals surface area contributed by atoms with Crippen molar-refractivity contribution in [3.05, 3.63) is 35.4 Å². The standard InChI is InChI=1S/C7H6F2N2/c8-6-1-5(4-11-10)2-7(9)3-6/h1-4H,10H2. The molecule has 1 aromatic rings. The number of hydrogen-bond acceptors (Lipinski definition) is 2. The average molecular weight is 156 g/mol. The maximum Gasteiger partial charge on any atom is 0.126 e. The van der Waals surface area contributed by atoms with Crippen molar-refractivity contribution >= 4 is 6.21 Å². The van der Waals surface area contributed by atoms with E-state index >= 15 is 0 Å². The molecule has 0 saturated carbocycles. The van der Waals surface area contributed by atoms with Crippen molar-refractivity contribution in [3.8, 4) is 0 Å². The molecule has 2 N–H and O–H groups in total. The van der Waals surface area contributed by atoms with Crippen LogP contribution >= 0.6 is 0 Å². The fourth-order valence-corrected chi connectivity index (χ4v) is 0.736. The molecule has 11 heavy (non-hydrogen) atoms. The van der Waals surface area contributed by atoms with Crippen LogP contribution in [0.25, 0.3) is 0 Å². The summed E-state index contributed by atoms with van der Waals surface area (Å²) in [4.78, 5) is 0. The van der Waals surface area contributed by atoms with Gasteiger partial charge in [-0.15, -0.1) is 0 Å². The number of rotatable bonds is 1. The molecule has 1 aromatic carbocycles. The number of nitrogens with zero attached hydrogens (tertiary/aromatic N) is 1. The lowest BCUT2D eigenvalue weighted by Gasteiger charge is -1.92. The highest BCUT2D eigenvalue weighted by molar-refractivity contribution is 5.79. The minimum Gasteiger partial charge on any atom is -0.323 e. The first-order valence-corrected chi connectivity index (χ1v) is 2.92. The largest absolute Gasteiger partial charge is 0.323 e. The Balaban J connectivity index is 3.08. The van der Waals surface area contributed by atoms with E-state index in [9.17, 15) is 8.78 Å². The molecule has 2 nitrogen and oxygen atoms in total. The second-order valence-corrected chi connectivity index (χ2v) is 1.98. The van der Waals surface area contributed by atoms with Crippen LogP contribution in [0.5, 0.6) is 0 Å². The van der Waals surface area contributed by atoms with E-state index in [0.29, 0.717) is 5.56 Å². The van der Waals surface area contributed by atoms with Gasteiger partial charge in [0, 0.05) is 11.6 Å². The van der Waals surface area contributed by atoms with Crippen LogP contribution in [-0.4, -0.2) is 6.21 Å². The average Bonchev–Trinajstić information content (AvgIpc) is 1.85. The molecular formula is C7H6F2N2. The zero-order valence-corrected chi connectivity index (χ0v) is 5.59. The summed E-state index contributed by atoms with van der Waals surface area (Å²) in [7, 11) is 0. The smallest absolute Gasteiger partial charge is 0.126 e. The summed E-state index contributed by atoms with van der Waals surface area (Å²) in [6.45, 7) is 0. The molecule has 1 rings (SSSR count). The fraction of sp³-hybridized carbons (Fsp3) is 0. The van der Waals surface area contributed by atoms with Crippen LogP contribution in [0.1, 0.15) is 5.56 Å². The summed E-state index contributed by atoms with van der Waals surface area (Å²) < 4.78 is 24.8. The molecule has 0 atom stereocenters. The zero-order chi connectivity index (χ0) is 8.27. The van der Waals surface area contributed by atoms with Gasteiger partial charge in [0.1, 0.15) is 11.6 Å². The third kappa shape index (κ3) is 2.00. The van der Waals surface area contributed by atoms with Crippen LogP contribution in [0.3, 0.4) is 0 Å². The second kappa shape index (κ2) is 3.09. The first-order valence-electron chi connectivity index (χ1n) is 2.92. The van der Waals surface area contributed by atoms with Gasteiger partial charge in [0.15, 0.2) is 0 Å². The molecule has 0 unspecified atom stereocenters. The van der Waals surface area contributed by atoms with Gasteiger partial charge >= 0.3 is 0 Å². The summed E-state index contributed by atoms with van der Waals surface area (Å²) in [5.41, 5.74) is 0.310. The van der Waals surface area contributed by atoms with Gasteiger partial charge in [-0.1, -0.05) is 0 Å². The SMILES string of the molecule is NN=Cc1cc(F)cc(F)c1. The first kappa shape index (κ1) is 7.65. The molecule has 4 heteroatoms. The predicted molar refractivity (Wildman–Crippen MR) is 38.1 cm³/mol. The highest BCUT2D eigenvalue weighted by atomic mass is 19.1. The lowest BCUT2D eigenvalue weighted by Crippen LogP contribution is -1.89. The lowest BCUT2D eigenvalue weighted by atomic mass is 10.2. The molecule has 0 fully saturated rings. The number of benzene rings is 1. The third-order valence-corrected chi connectivity index (χ3v) is 1.11. The highest BCUT2D eigenvalue weighted by Gasteiger charge is 1.96. The normalized spacial score (nSPS) is 10.7. The van der Waals surface area contributed by atoms with Gasteiger partial charge < -0.3 is 5.84 Å². The van der Waals surface area contributed by atoms with Crippen molar-refractivity contribution in [3.63, 3.8) is 0 Å². The molecule has 0 bridgehead atoms. The van der Waals surface area contributed by atoms with Gasteiger partial charge in [-0.3, -0.25) is 0 Å². The zero-order valence-electron chi connectivity index (χ0n) is 5.59. The van der Waals surface area contributed by atoms with Crippen LogP contribution in [0.4, 0.5) is 8.78 Å². The molecule has 0 radical (unpaired) electrons. The van der Waals surface area contributed by atoms with E-state index < -0.39 is 11.6 Å². The molecule has 0 aromatic heterocycles. The van der Waals surface area contributed by atoms with E-state index in [4.69, 9.17) is 5.84 Å². The summed E-state index contributed by atoms with van der Waals surface area (Å²) in [5, 5.41) is 3.13. The van der Waals surface area contributed by atoms with Gasteiger partial charge in [-0.05, 0) is 12.1 Å². The van der Waals surface area contributed by atoms with Crippen LogP contribution in [0, 0.1) is 11.6 Å². The molecule has 0 spiro atoms. The number of nitrogens with two attached hydrogens (primary N) is 1. The van der Waals surface area contributed by atoms with Gasteiger partial charge in [0.25, 0.3) is 0 Å². The predicted octanol–water partition coefficient (Wildman–Crippen LogP) is 1.26. The van der Waals surface area contributed by atoms with Gasteiger partial charge in [-0.2, -0.15) is 5.10 Å². The minimum absolute atomic E-state index is 0.310. The molecule has 58 valence electrons. The summed E-state index contributed by atoms with van der Waals surface area (Å²) in [5.74, 6) is 3.51. The first-order chi connectivity index (χ1) is 5.22. The molecule has 0 saturated heterocycles. The maximum atomic E-state index is 12.4.